The van der Waals surface area contributed by atoms with Crippen LogP contribution in [0.2, 0.25) is 0 Å². The second-order valence-corrected chi connectivity index (χ2v) is 7.86. The van der Waals surface area contributed by atoms with Crippen molar-refractivity contribution in [1.29, 1.82) is 0 Å². The summed E-state index contributed by atoms with van der Waals surface area (Å²) < 4.78 is 21.7. The number of imide groups is 2. The van der Waals surface area contributed by atoms with Gasteiger partial charge in [-0.2, -0.15) is 0 Å². The van der Waals surface area contributed by atoms with Crippen molar-refractivity contribution in [3.05, 3.63) is 53.1 Å². The van der Waals surface area contributed by atoms with Gasteiger partial charge in [-0.3, -0.25) is 19.8 Å². The fraction of sp³-hybridized carbons (Fsp3) is 0.308. The summed E-state index contributed by atoms with van der Waals surface area (Å²) in [6.07, 6.45) is 2.14. The zero-order valence-corrected chi connectivity index (χ0v) is 20.7. The normalized spacial score (nSPS) is 14.4. The van der Waals surface area contributed by atoms with Crippen LogP contribution in [0, 0.1) is 0 Å². The first-order valence-electron chi connectivity index (χ1n) is 11.6. The number of carbonyl (C=O) groups excluding carboxylic acids is 3. The third-order valence-electron chi connectivity index (χ3n) is 5.15. The molecule has 0 bridgehead atoms. The third kappa shape index (κ3) is 6.78. The van der Waals surface area contributed by atoms with Gasteiger partial charge in [0.1, 0.15) is 5.57 Å². The van der Waals surface area contributed by atoms with Crippen LogP contribution in [0.25, 0.3) is 6.08 Å². The summed E-state index contributed by atoms with van der Waals surface area (Å²) in [5.74, 6) is -1.33. The van der Waals surface area contributed by atoms with Gasteiger partial charge in [-0.25, -0.2) is 9.59 Å². The van der Waals surface area contributed by atoms with Crippen LogP contribution in [-0.4, -0.2) is 60.8 Å². The molecule has 1 heterocycles. The van der Waals surface area contributed by atoms with E-state index >= 15 is 0 Å². The van der Waals surface area contributed by atoms with E-state index in [0.717, 1.165) is 11.3 Å². The Morgan fingerprint density at radius 2 is 1.70 bits per heavy atom. The van der Waals surface area contributed by atoms with E-state index in [1.165, 1.54) is 31.4 Å². The highest BCUT2D eigenvalue weighted by atomic mass is 16.5. The predicted octanol–water partition coefficient (Wildman–Crippen LogP) is 3.01. The molecular formula is C26H28N2O9. The Balaban J connectivity index is 1.85. The fourth-order valence-corrected chi connectivity index (χ4v) is 3.47. The SMILES string of the molecule is CCCOc1ccc(CN2C(=O)NC(=O)/C(=C\c3ccc(OCC(=O)O)c(OC)c3)C2=O)cc1OCC. The van der Waals surface area contributed by atoms with Crippen molar-refractivity contribution in [2.45, 2.75) is 26.8 Å². The number of rotatable bonds is 12. The molecule has 2 N–H and O–H groups in total. The summed E-state index contributed by atoms with van der Waals surface area (Å²) in [4.78, 5) is 49.9. The number of carboxylic acids is 1. The highest BCUT2D eigenvalue weighted by Gasteiger charge is 2.36. The highest BCUT2D eigenvalue weighted by Crippen LogP contribution is 2.31. The van der Waals surface area contributed by atoms with Gasteiger partial charge in [0.2, 0.25) is 0 Å². The lowest BCUT2D eigenvalue weighted by molar-refractivity contribution is -0.139. The molecule has 196 valence electrons. The second kappa shape index (κ2) is 12.4. The van der Waals surface area contributed by atoms with Crippen molar-refractivity contribution in [1.82, 2.24) is 10.2 Å². The van der Waals surface area contributed by atoms with Crippen LogP contribution in [0.3, 0.4) is 0 Å². The molecule has 3 rings (SSSR count). The minimum atomic E-state index is -1.15. The monoisotopic (exact) mass is 512 g/mol. The van der Waals surface area contributed by atoms with Crippen molar-refractivity contribution >= 4 is 29.9 Å². The number of nitrogens with one attached hydrogen (secondary N) is 1. The average Bonchev–Trinajstić information content (AvgIpc) is 2.87. The maximum atomic E-state index is 13.2. The third-order valence-corrected chi connectivity index (χ3v) is 5.15. The Bertz CT molecular complexity index is 1220. The molecule has 11 nitrogen and oxygen atoms in total. The number of benzene rings is 2. The summed E-state index contributed by atoms with van der Waals surface area (Å²) in [5, 5.41) is 11.0. The number of carboxylic acid groups (broad SMARTS) is 1. The van der Waals surface area contributed by atoms with Crippen LogP contribution < -0.4 is 24.3 Å². The average molecular weight is 513 g/mol. The molecule has 37 heavy (non-hydrogen) atoms. The number of amides is 4. The molecule has 0 spiro atoms. The molecule has 0 saturated carbocycles. The Kier molecular flexibility index (Phi) is 9.09. The van der Waals surface area contributed by atoms with Crippen molar-refractivity contribution in [2.24, 2.45) is 0 Å². The summed E-state index contributed by atoms with van der Waals surface area (Å²) in [5.41, 5.74) is 0.753. The second-order valence-electron chi connectivity index (χ2n) is 7.86. The van der Waals surface area contributed by atoms with Crippen LogP contribution >= 0.6 is 0 Å². The van der Waals surface area contributed by atoms with E-state index in [0.29, 0.717) is 35.8 Å². The molecule has 0 radical (unpaired) electrons. The smallest absolute Gasteiger partial charge is 0.341 e. The van der Waals surface area contributed by atoms with Crippen LogP contribution in [0.1, 0.15) is 31.4 Å². The van der Waals surface area contributed by atoms with Crippen LogP contribution in [0.5, 0.6) is 23.0 Å². The van der Waals surface area contributed by atoms with Crippen LogP contribution in [-0.2, 0) is 20.9 Å². The number of barbiturate groups is 1. The molecular weight excluding hydrogens is 484 g/mol. The molecule has 0 aliphatic carbocycles. The number of urea groups is 1. The lowest BCUT2D eigenvalue weighted by Crippen LogP contribution is -2.53. The van der Waals surface area contributed by atoms with Gasteiger partial charge in [0, 0.05) is 0 Å². The first kappa shape index (κ1) is 27.1. The standard InChI is InChI=1S/C26H28N2O9/c1-4-10-36-20-9-7-17(13-22(20)35-5-2)14-28-25(32)18(24(31)27-26(28)33)11-16-6-8-19(21(12-16)34-3)37-15-23(29)30/h6-9,11-13H,4-5,10,14-15H2,1-3H3,(H,29,30)(H,27,31,33)/b18-11+. The Morgan fingerprint density at radius 1 is 0.973 bits per heavy atom. The fourth-order valence-electron chi connectivity index (χ4n) is 3.47. The Morgan fingerprint density at radius 3 is 2.38 bits per heavy atom. The number of nitrogens with zero attached hydrogens (tertiary/aromatic N) is 1. The molecule has 1 fully saturated rings. The zero-order chi connectivity index (χ0) is 26.9. The molecule has 0 unspecified atom stereocenters. The van der Waals surface area contributed by atoms with Crippen molar-refractivity contribution in [2.75, 3.05) is 26.9 Å². The molecule has 4 amide bonds. The maximum absolute atomic E-state index is 13.2. The first-order valence-corrected chi connectivity index (χ1v) is 11.6. The molecule has 0 atom stereocenters. The number of aliphatic carboxylic acids is 1. The van der Waals surface area contributed by atoms with Crippen molar-refractivity contribution in [3.8, 4) is 23.0 Å². The van der Waals surface area contributed by atoms with E-state index in [9.17, 15) is 19.2 Å². The number of carbonyl (C=O) groups is 4. The molecule has 1 aliphatic heterocycles. The van der Waals surface area contributed by atoms with E-state index in [1.807, 2.05) is 13.8 Å². The van der Waals surface area contributed by atoms with E-state index in [2.05, 4.69) is 5.32 Å². The van der Waals surface area contributed by atoms with Gasteiger partial charge >= 0.3 is 12.0 Å². The first-order chi connectivity index (χ1) is 17.8. The van der Waals surface area contributed by atoms with Crippen LogP contribution in [0.15, 0.2) is 42.0 Å². The molecule has 0 aromatic heterocycles. The van der Waals surface area contributed by atoms with Gasteiger partial charge in [-0.15, -0.1) is 0 Å². The van der Waals surface area contributed by atoms with Gasteiger partial charge in [-0.1, -0.05) is 19.1 Å². The number of ether oxygens (including phenoxy) is 4. The number of methoxy groups -OCH3 is 1. The molecule has 2 aromatic rings. The Labute approximate surface area is 213 Å². The lowest BCUT2D eigenvalue weighted by atomic mass is 10.1. The van der Waals surface area contributed by atoms with E-state index in [1.54, 1.807) is 18.2 Å². The molecule has 1 saturated heterocycles. The number of hydrogen-bond donors (Lipinski definition) is 2. The number of hydrogen-bond acceptors (Lipinski definition) is 8. The topological polar surface area (TPSA) is 141 Å². The summed E-state index contributed by atoms with van der Waals surface area (Å²) in [7, 11) is 1.37. The van der Waals surface area contributed by atoms with Crippen molar-refractivity contribution in [3.63, 3.8) is 0 Å². The molecule has 1 aliphatic rings. The minimum absolute atomic E-state index is 0.102. The van der Waals surface area contributed by atoms with E-state index in [4.69, 9.17) is 24.1 Å². The predicted molar refractivity (Wildman–Crippen MR) is 132 cm³/mol. The van der Waals surface area contributed by atoms with Crippen molar-refractivity contribution < 1.29 is 43.2 Å². The van der Waals surface area contributed by atoms with Gasteiger partial charge in [-0.05, 0) is 54.8 Å². The minimum Gasteiger partial charge on any atom is -0.493 e. The molecule has 11 heteroatoms. The Hall–Kier alpha value is -4.54. The highest BCUT2D eigenvalue weighted by molar-refractivity contribution is 6.30. The van der Waals surface area contributed by atoms with Crippen LogP contribution in [0.4, 0.5) is 4.79 Å². The maximum Gasteiger partial charge on any atom is 0.341 e. The van der Waals surface area contributed by atoms with E-state index < -0.39 is 30.4 Å². The summed E-state index contributed by atoms with van der Waals surface area (Å²) in [6, 6.07) is 8.74. The molecule has 2 aromatic carbocycles. The van der Waals surface area contributed by atoms with Gasteiger partial charge in [0.25, 0.3) is 11.8 Å². The van der Waals surface area contributed by atoms with Gasteiger partial charge < -0.3 is 24.1 Å². The van der Waals surface area contributed by atoms with E-state index in [-0.39, 0.29) is 23.6 Å². The summed E-state index contributed by atoms with van der Waals surface area (Å²) in [6.45, 7) is 4.07. The van der Waals surface area contributed by atoms with Gasteiger partial charge in [0.15, 0.2) is 29.6 Å². The quantitative estimate of drug-likeness (QED) is 0.324. The summed E-state index contributed by atoms with van der Waals surface area (Å²) >= 11 is 0. The lowest BCUT2D eigenvalue weighted by Gasteiger charge is -2.26. The zero-order valence-electron chi connectivity index (χ0n) is 20.7. The van der Waals surface area contributed by atoms with Gasteiger partial charge in [0.05, 0.1) is 26.9 Å². The largest absolute Gasteiger partial charge is 0.493 e.